The van der Waals surface area contributed by atoms with Crippen LogP contribution in [0.2, 0.25) is 0 Å². The highest BCUT2D eigenvalue weighted by atomic mass is 32.1. The first-order valence-corrected chi connectivity index (χ1v) is 7.62. The molecule has 6 heteroatoms. The Bertz CT molecular complexity index is 744. The second kappa shape index (κ2) is 6.58. The van der Waals surface area contributed by atoms with Crippen molar-refractivity contribution < 1.29 is 14.6 Å². The zero-order chi connectivity index (χ0) is 16.3. The first-order chi connectivity index (χ1) is 10.4. The molecule has 0 aliphatic rings. The van der Waals surface area contributed by atoms with E-state index in [1.54, 1.807) is 25.1 Å². The van der Waals surface area contributed by atoms with Crippen molar-refractivity contribution >= 4 is 17.3 Å². The number of carboxylic acids is 1. The number of nitrogens with zero attached hydrogens (tertiary/aromatic N) is 2. The van der Waals surface area contributed by atoms with Gasteiger partial charge in [0.05, 0.1) is 29.5 Å². The molecule has 0 aliphatic carbocycles. The number of aryl methyl sites for hydroxylation is 1. The van der Waals surface area contributed by atoms with Crippen LogP contribution in [0.15, 0.2) is 18.2 Å². The SMILES string of the molecule is Cc1nc(-c2cc(C#N)ccc2OCC(C)C)sc1C(=O)O. The molecule has 1 aromatic carbocycles. The van der Waals surface area contributed by atoms with Crippen LogP contribution in [0.5, 0.6) is 5.75 Å². The van der Waals surface area contributed by atoms with E-state index in [2.05, 4.69) is 11.1 Å². The quantitative estimate of drug-likeness (QED) is 0.908. The van der Waals surface area contributed by atoms with Gasteiger partial charge in [-0.3, -0.25) is 0 Å². The Morgan fingerprint density at radius 1 is 1.50 bits per heavy atom. The van der Waals surface area contributed by atoms with E-state index in [0.29, 0.717) is 40.1 Å². The van der Waals surface area contributed by atoms with Gasteiger partial charge in [-0.15, -0.1) is 11.3 Å². The fourth-order valence-corrected chi connectivity index (χ4v) is 2.79. The molecule has 0 aliphatic heterocycles. The lowest BCUT2D eigenvalue weighted by Crippen LogP contribution is -2.05. The second-order valence-electron chi connectivity index (χ2n) is 5.27. The number of hydrogen-bond donors (Lipinski definition) is 1. The highest BCUT2D eigenvalue weighted by Crippen LogP contribution is 2.35. The predicted molar refractivity (Wildman–Crippen MR) is 84.3 cm³/mol. The molecule has 0 bridgehead atoms. The summed E-state index contributed by atoms with van der Waals surface area (Å²) in [4.78, 5) is 15.7. The standard InChI is InChI=1S/C16H16N2O3S/c1-9(2)8-21-13-5-4-11(7-17)6-12(13)15-18-10(3)14(22-15)16(19)20/h4-6,9H,8H2,1-3H3,(H,19,20). The lowest BCUT2D eigenvalue weighted by Gasteiger charge is -2.12. The minimum absolute atomic E-state index is 0.201. The number of rotatable bonds is 5. The molecule has 0 radical (unpaired) electrons. The maximum atomic E-state index is 11.2. The lowest BCUT2D eigenvalue weighted by atomic mass is 10.1. The summed E-state index contributed by atoms with van der Waals surface area (Å²) in [6, 6.07) is 7.17. The number of carbonyl (C=O) groups is 1. The largest absolute Gasteiger partial charge is 0.493 e. The Labute approximate surface area is 132 Å². The number of benzene rings is 1. The van der Waals surface area contributed by atoms with Crippen LogP contribution in [0.1, 0.15) is 34.8 Å². The zero-order valence-electron chi connectivity index (χ0n) is 12.6. The summed E-state index contributed by atoms with van der Waals surface area (Å²) in [6.45, 7) is 6.28. The van der Waals surface area contributed by atoms with E-state index in [4.69, 9.17) is 15.1 Å². The average Bonchev–Trinajstić information content (AvgIpc) is 2.87. The number of carboxylic acid groups (broad SMARTS) is 1. The van der Waals surface area contributed by atoms with Gasteiger partial charge in [-0.25, -0.2) is 9.78 Å². The predicted octanol–water partition coefficient (Wildman–Crippen LogP) is 3.72. The third-order valence-electron chi connectivity index (χ3n) is 2.90. The molecule has 1 aromatic heterocycles. The first-order valence-electron chi connectivity index (χ1n) is 6.80. The van der Waals surface area contributed by atoms with E-state index >= 15 is 0 Å². The number of nitriles is 1. The maximum absolute atomic E-state index is 11.2. The molecule has 22 heavy (non-hydrogen) atoms. The van der Waals surface area contributed by atoms with Gasteiger partial charge in [-0.2, -0.15) is 5.26 Å². The van der Waals surface area contributed by atoms with Crippen molar-refractivity contribution in [3.63, 3.8) is 0 Å². The van der Waals surface area contributed by atoms with Crippen molar-refractivity contribution in [1.29, 1.82) is 5.26 Å². The van der Waals surface area contributed by atoms with E-state index in [0.717, 1.165) is 11.3 Å². The normalized spacial score (nSPS) is 10.5. The Kier molecular flexibility index (Phi) is 4.78. The van der Waals surface area contributed by atoms with E-state index < -0.39 is 5.97 Å². The summed E-state index contributed by atoms with van der Waals surface area (Å²) in [7, 11) is 0. The molecule has 0 fully saturated rings. The number of aromatic nitrogens is 1. The van der Waals surface area contributed by atoms with Crippen LogP contribution in [0, 0.1) is 24.2 Å². The van der Waals surface area contributed by atoms with Gasteiger partial charge < -0.3 is 9.84 Å². The van der Waals surface area contributed by atoms with Gasteiger partial charge in [0.15, 0.2) is 0 Å². The molecule has 2 aromatic rings. The minimum atomic E-state index is -0.998. The molecule has 5 nitrogen and oxygen atoms in total. The number of thiazole rings is 1. The Hall–Kier alpha value is -2.39. The van der Waals surface area contributed by atoms with Gasteiger partial charge >= 0.3 is 5.97 Å². The first kappa shape index (κ1) is 16.0. The van der Waals surface area contributed by atoms with Crippen molar-refractivity contribution in [3.8, 4) is 22.4 Å². The molecule has 1 heterocycles. The number of ether oxygens (including phenoxy) is 1. The summed E-state index contributed by atoms with van der Waals surface area (Å²) in [5.74, 6) is -0.0307. The van der Waals surface area contributed by atoms with Gasteiger partial charge in [-0.1, -0.05) is 13.8 Å². The van der Waals surface area contributed by atoms with Gasteiger partial charge in [0.1, 0.15) is 15.6 Å². The van der Waals surface area contributed by atoms with Crippen molar-refractivity contribution in [1.82, 2.24) is 4.98 Å². The molecule has 0 saturated heterocycles. The summed E-state index contributed by atoms with van der Waals surface area (Å²) in [5, 5.41) is 18.8. The summed E-state index contributed by atoms with van der Waals surface area (Å²) in [6.07, 6.45) is 0. The van der Waals surface area contributed by atoms with Gasteiger partial charge in [-0.05, 0) is 31.0 Å². The molecule has 0 atom stereocenters. The smallest absolute Gasteiger partial charge is 0.347 e. The van der Waals surface area contributed by atoms with Crippen molar-refractivity contribution in [2.24, 2.45) is 5.92 Å². The number of hydrogen-bond acceptors (Lipinski definition) is 5. The molecule has 0 spiro atoms. The van der Waals surface area contributed by atoms with Crippen molar-refractivity contribution in [2.75, 3.05) is 6.61 Å². The lowest BCUT2D eigenvalue weighted by molar-refractivity contribution is 0.0701. The Morgan fingerprint density at radius 2 is 2.23 bits per heavy atom. The van der Waals surface area contributed by atoms with E-state index in [9.17, 15) is 4.79 Å². The fraction of sp³-hybridized carbons (Fsp3) is 0.312. The van der Waals surface area contributed by atoms with Gasteiger partial charge in [0, 0.05) is 0 Å². The summed E-state index contributed by atoms with van der Waals surface area (Å²) >= 11 is 1.09. The topological polar surface area (TPSA) is 83.2 Å². The highest BCUT2D eigenvalue weighted by molar-refractivity contribution is 7.17. The van der Waals surface area contributed by atoms with Crippen LogP contribution in [-0.2, 0) is 0 Å². The Balaban J connectivity index is 2.49. The van der Waals surface area contributed by atoms with Crippen LogP contribution < -0.4 is 4.74 Å². The fourth-order valence-electron chi connectivity index (χ4n) is 1.86. The van der Waals surface area contributed by atoms with Crippen molar-refractivity contribution in [2.45, 2.75) is 20.8 Å². The summed E-state index contributed by atoms with van der Waals surface area (Å²) < 4.78 is 5.77. The number of aromatic carboxylic acids is 1. The van der Waals surface area contributed by atoms with E-state index in [1.807, 2.05) is 13.8 Å². The minimum Gasteiger partial charge on any atom is -0.493 e. The van der Waals surface area contributed by atoms with Crippen LogP contribution in [-0.4, -0.2) is 22.7 Å². The third-order valence-corrected chi connectivity index (χ3v) is 4.08. The molecule has 1 N–H and O–H groups in total. The molecule has 0 amide bonds. The molecule has 114 valence electrons. The van der Waals surface area contributed by atoms with Crippen molar-refractivity contribution in [3.05, 3.63) is 34.3 Å². The van der Waals surface area contributed by atoms with E-state index in [1.165, 1.54) is 0 Å². The maximum Gasteiger partial charge on any atom is 0.347 e. The van der Waals surface area contributed by atoms with Crippen LogP contribution >= 0.6 is 11.3 Å². The molecular formula is C16H16N2O3S. The highest BCUT2D eigenvalue weighted by Gasteiger charge is 2.18. The Morgan fingerprint density at radius 3 is 2.77 bits per heavy atom. The monoisotopic (exact) mass is 316 g/mol. The van der Waals surface area contributed by atoms with Gasteiger partial charge in [0.2, 0.25) is 0 Å². The zero-order valence-corrected chi connectivity index (χ0v) is 13.4. The van der Waals surface area contributed by atoms with Gasteiger partial charge in [0.25, 0.3) is 0 Å². The molecule has 0 unspecified atom stereocenters. The average molecular weight is 316 g/mol. The molecule has 0 saturated carbocycles. The molecule has 2 rings (SSSR count). The van der Waals surface area contributed by atoms with Crippen LogP contribution in [0.25, 0.3) is 10.6 Å². The summed E-state index contributed by atoms with van der Waals surface area (Å²) in [5.41, 5.74) is 1.60. The third kappa shape index (κ3) is 3.43. The molecular weight excluding hydrogens is 300 g/mol. The van der Waals surface area contributed by atoms with Crippen LogP contribution in [0.4, 0.5) is 0 Å². The second-order valence-corrected chi connectivity index (χ2v) is 6.27. The van der Waals surface area contributed by atoms with Crippen LogP contribution in [0.3, 0.4) is 0 Å². The van der Waals surface area contributed by atoms with E-state index in [-0.39, 0.29) is 4.88 Å².